The van der Waals surface area contributed by atoms with Crippen LogP contribution in [0.25, 0.3) is 0 Å². The highest BCUT2D eigenvalue weighted by Gasteiger charge is 2.35. The van der Waals surface area contributed by atoms with Crippen LogP contribution in [0.4, 0.5) is 17.1 Å². The summed E-state index contributed by atoms with van der Waals surface area (Å²) >= 11 is 5.75. The normalized spacial score (nSPS) is 21.2. The highest BCUT2D eigenvalue weighted by atomic mass is 32.1. The Morgan fingerprint density at radius 3 is 2.63 bits per heavy atom. The fourth-order valence-electron chi connectivity index (χ4n) is 6.59. The lowest BCUT2D eigenvalue weighted by atomic mass is 9.83. The predicted octanol–water partition coefficient (Wildman–Crippen LogP) is 4.81. The zero-order valence-corrected chi connectivity index (χ0v) is 24.4. The molecule has 4 heterocycles. The summed E-state index contributed by atoms with van der Waals surface area (Å²) in [5.74, 6) is 0.495. The molecule has 1 aromatic heterocycles. The molecule has 8 nitrogen and oxygen atoms in total. The number of thiocarbonyl (C=S) groups is 1. The summed E-state index contributed by atoms with van der Waals surface area (Å²) in [6, 6.07) is 17.6. The number of benzene rings is 2. The molecule has 214 valence electrons. The van der Waals surface area contributed by atoms with Gasteiger partial charge in [-0.25, -0.2) is 0 Å². The van der Waals surface area contributed by atoms with Crippen molar-refractivity contribution in [2.75, 3.05) is 41.8 Å². The second kappa shape index (κ2) is 11.7. The molecule has 2 saturated heterocycles. The number of carbonyl (C=O) groups excluding carboxylic acids is 1. The number of nitrogens with one attached hydrogen (secondary N) is 3. The number of hydrogen-bond donors (Lipinski definition) is 3. The van der Waals surface area contributed by atoms with Gasteiger partial charge in [-0.1, -0.05) is 12.1 Å². The van der Waals surface area contributed by atoms with Crippen LogP contribution >= 0.6 is 12.2 Å². The SMILES string of the molecule is Cc1cc(C)cc(NC(=S)Nc2cc(C(=O)NC[C@H]3CCCO3)ccc2N2C[C@H]3C[C@@H](C2)c2cccc(=O)n2C3)c1. The molecule has 0 spiro atoms. The van der Waals surface area contributed by atoms with Gasteiger partial charge in [0.15, 0.2) is 5.11 Å². The lowest BCUT2D eigenvalue weighted by Gasteiger charge is -2.44. The number of anilines is 3. The quantitative estimate of drug-likeness (QED) is 0.366. The molecule has 3 atom stereocenters. The molecule has 9 heteroatoms. The molecule has 3 aliphatic heterocycles. The largest absolute Gasteiger partial charge is 0.376 e. The second-order valence-corrected chi connectivity index (χ2v) is 12.0. The van der Waals surface area contributed by atoms with Gasteiger partial charge in [-0.3, -0.25) is 9.59 Å². The fourth-order valence-corrected chi connectivity index (χ4v) is 6.82. The van der Waals surface area contributed by atoms with E-state index in [1.54, 1.807) is 6.07 Å². The van der Waals surface area contributed by atoms with Crippen LogP contribution in [0.15, 0.2) is 59.4 Å². The summed E-state index contributed by atoms with van der Waals surface area (Å²) in [4.78, 5) is 28.0. The van der Waals surface area contributed by atoms with E-state index in [-0.39, 0.29) is 23.5 Å². The van der Waals surface area contributed by atoms with Crippen LogP contribution in [0.2, 0.25) is 0 Å². The average molecular weight is 572 g/mol. The van der Waals surface area contributed by atoms with Crippen molar-refractivity contribution in [3.05, 3.63) is 87.3 Å². The molecule has 3 aliphatic rings. The number of ether oxygens (including phenoxy) is 1. The lowest BCUT2D eigenvalue weighted by Crippen LogP contribution is -2.47. The van der Waals surface area contributed by atoms with Crippen molar-refractivity contribution < 1.29 is 9.53 Å². The van der Waals surface area contributed by atoms with Gasteiger partial charge in [-0.05, 0) is 98.8 Å². The predicted molar refractivity (Wildman–Crippen MR) is 167 cm³/mol. The lowest BCUT2D eigenvalue weighted by molar-refractivity contribution is 0.0858. The molecule has 2 bridgehead atoms. The summed E-state index contributed by atoms with van der Waals surface area (Å²) < 4.78 is 7.62. The Kier molecular flexibility index (Phi) is 7.81. The number of fused-ring (bicyclic) bond motifs is 4. The highest BCUT2D eigenvalue weighted by molar-refractivity contribution is 7.80. The number of rotatable bonds is 6. The zero-order valence-electron chi connectivity index (χ0n) is 23.6. The Morgan fingerprint density at radius 1 is 1.02 bits per heavy atom. The van der Waals surface area contributed by atoms with Crippen LogP contribution in [-0.2, 0) is 11.3 Å². The third-order valence-corrected chi connectivity index (χ3v) is 8.53. The van der Waals surface area contributed by atoms with Crippen molar-refractivity contribution in [1.82, 2.24) is 9.88 Å². The van der Waals surface area contributed by atoms with Gasteiger partial charge in [0, 0.05) is 61.7 Å². The molecule has 3 aromatic rings. The van der Waals surface area contributed by atoms with Crippen molar-refractivity contribution in [3.8, 4) is 0 Å². The van der Waals surface area contributed by atoms with Gasteiger partial charge in [-0.15, -0.1) is 0 Å². The molecular formula is C32H37N5O3S. The summed E-state index contributed by atoms with van der Waals surface area (Å²) in [7, 11) is 0. The van der Waals surface area contributed by atoms with Crippen LogP contribution < -0.4 is 26.4 Å². The molecule has 3 N–H and O–H groups in total. The topological polar surface area (TPSA) is 87.6 Å². The molecule has 2 aromatic carbocycles. The van der Waals surface area contributed by atoms with E-state index >= 15 is 0 Å². The molecule has 41 heavy (non-hydrogen) atoms. The number of piperidine rings is 1. The van der Waals surface area contributed by atoms with E-state index in [9.17, 15) is 9.59 Å². The van der Waals surface area contributed by atoms with Gasteiger partial charge in [0.2, 0.25) is 0 Å². The molecule has 0 saturated carbocycles. The number of hydrogen-bond acceptors (Lipinski definition) is 5. The second-order valence-electron chi connectivity index (χ2n) is 11.6. The molecule has 1 amide bonds. The maximum Gasteiger partial charge on any atom is 0.251 e. The summed E-state index contributed by atoms with van der Waals surface area (Å²) in [5, 5.41) is 10.2. The van der Waals surface area contributed by atoms with Crippen molar-refractivity contribution in [2.24, 2.45) is 5.92 Å². The first-order valence-electron chi connectivity index (χ1n) is 14.5. The molecule has 0 aliphatic carbocycles. The van der Waals surface area contributed by atoms with Crippen molar-refractivity contribution >= 4 is 40.3 Å². The number of nitrogens with zero attached hydrogens (tertiary/aromatic N) is 2. The van der Waals surface area contributed by atoms with Crippen molar-refractivity contribution in [1.29, 1.82) is 0 Å². The minimum absolute atomic E-state index is 0.0773. The Balaban J connectivity index is 1.26. The smallest absolute Gasteiger partial charge is 0.251 e. The van der Waals surface area contributed by atoms with Gasteiger partial charge >= 0.3 is 0 Å². The van der Waals surface area contributed by atoms with E-state index in [4.69, 9.17) is 17.0 Å². The zero-order chi connectivity index (χ0) is 28.5. The maximum atomic E-state index is 13.1. The number of carbonyl (C=O) groups is 1. The summed E-state index contributed by atoms with van der Waals surface area (Å²) in [5.41, 5.74) is 6.74. The molecule has 6 rings (SSSR count). The molecule has 2 fully saturated rings. The van der Waals surface area contributed by atoms with E-state index in [0.717, 1.165) is 79.4 Å². The Bertz CT molecular complexity index is 1510. The van der Waals surface area contributed by atoms with E-state index < -0.39 is 0 Å². The van der Waals surface area contributed by atoms with Gasteiger partial charge in [0.1, 0.15) is 0 Å². The first-order valence-corrected chi connectivity index (χ1v) is 14.9. The number of aryl methyl sites for hydroxylation is 2. The van der Waals surface area contributed by atoms with Crippen LogP contribution in [0.1, 0.15) is 52.4 Å². The van der Waals surface area contributed by atoms with E-state index in [2.05, 4.69) is 59.0 Å². The average Bonchev–Trinajstić information content (AvgIpc) is 3.45. The van der Waals surface area contributed by atoms with Crippen LogP contribution in [0.5, 0.6) is 0 Å². The Hall–Kier alpha value is -3.69. The Morgan fingerprint density at radius 2 is 1.85 bits per heavy atom. The first-order chi connectivity index (χ1) is 19.8. The van der Waals surface area contributed by atoms with E-state index in [0.29, 0.717) is 23.1 Å². The summed E-state index contributed by atoms with van der Waals surface area (Å²) in [6.45, 7) is 7.72. The Labute approximate surface area is 246 Å². The van der Waals surface area contributed by atoms with Gasteiger partial charge in [0.25, 0.3) is 11.5 Å². The van der Waals surface area contributed by atoms with Gasteiger partial charge in [0.05, 0.1) is 17.5 Å². The van der Waals surface area contributed by atoms with Crippen LogP contribution in [0, 0.1) is 19.8 Å². The number of pyridine rings is 1. The minimum atomic E-state index is -0.132. The van der Waals surface area contributed by atoms with Gasteiger partial charge in [-0.2, -0.15) is 0 Å². The number of aromatic nitrogens is 1. The maximum absolute atomic E-state index is 13.1. The third kappa shape index (κ3) is 6.16. The van der Waals surface area contributed by atoms with E-state index in [1.807, 2.05) is 28.8 Å². The highest BCUT2D eigenvalue weighted by Crippen LogP contribution is 2.39. The standard InChI is InChI=1S/C32H37N5O3S/c1-20-11-21(2)13-25(12-20)34-32(41)35-27-15-23(31(39)33-16-26-5-4-10-40-26)8-9-29(27)36-17-22-14-24(19-36)28-6-3-7-30(38)37(28)18-22/h3,6-9,11-13,15,22,24,26H,4-5,10,14,16-19H2,1-2H3,(H,33,39)(H2,34,35,41)/t22-,24+,26-/m1/s1. The first kappa shape index (κ1) is 27.5. The number of amides is 1. The fraction of sp³-hybridized carbons (Fsp3) is 0.406. The van der Waals surface area contributed by atoms with Crippen LogP contribution in [0.3, 0.4) is 0 Å². The molecule has 0 radical (unpaired) electrons. The van der Waals surface area contributed by atoms with Gasteiger partial charge < -0.3 is 30.2 Å². The van der Waals surface area contributed by atoms with Crippen LogP contribution in [-0.4, -0.2) is 47.9 Å². The van der Waals surface area contributed by atoms with E-state index in [1.165, 1.54) is 0 Å². The molecule has 0 unspecified atom stereocenters. The summed E-state index contributed by atoms with van der Waals surface area (Å²) in [6.07, 6.45) is 3.15. The monoisotopic (exact) mass is 571 g/mol. The third-order valence-electron chi connectivity index (χ3n) is 8.32. The van der Waals surface area contributed by atoms with Crippen molar-refractivity contribution in [3.63, 3.8) is 0 Å². The molecular weight excluding hydrogens is 534 g/mol. The minimum Gasteiger partial charge on any atom is -0.376 e. The van der Waals surface area contributed by atoms with Crippen molar-refractivity contribution in [2.45, 2.75) is 51.7 Å².